The average molecular weight is 377 g/mol. The number of rotatable bonds is 8. The third kappa shape index (κ3) is 5.07. The molecule has 7 heteroatoms. The molecule has 0 bridgehead atoms. The number of carbonyl (C=O) groups is 2. The maximum absolute atomic E-state index is 11.0. The Labute approximate surface area is 161 Å². The van der Waals surface area contributed by atoms with Gasteiger partial charge in [-0.1, -0.05) is 18.2 Å². The van der Waals surface area contributed by atoms with Gasteiger partial charge in [-0.05, 0) is 48.5 Å². The molecule has 0 aliphatic carbocycles. The maximum Gasteiger partial charge on any atom is 0.335 e. The number of aromatic nitrogens is 1. The monoisotopic (exact) mass is 377 g/mol. The van der Waals surface area contributed by atoms with Crippen molar-refractivity contribution in [2.24, 2.45) is 0 Å². The predicted octanol–water partition coefficient (Wildman–Crippen LogP) is 3.70. The van der Waals surface area contributed by atoms with Gasteiger partial charge in [0.25, 0.3) is 0 Å². The number of hydrogen-bond donors (Lipinski definition) is 4. The van der Waals surface area contributed by atoms with Gasteiger partial charge in [0.05, 0.1) is 35.6 Å². The van der Waals surface area contributed by atoms with Crippen molar-refractivity contribution in [1.29, 1.82) is 0 Å². The van der Waals surface area contributed by atoms with E-state index in [-0.39, 0.29) is 11.1 Å². The highest BCUT2D eigenvalue weighted by Gasteiger charge is 2.05. The minimum Gasteiger partial charge on any atom is -0.478 e. The second kappa shape index (κ2) is 8.68. The fourth-order valence-corrected chi connectivity index (χ4v) is 2.64. The summed E-state index contributed by atoms with van der Waals surface area (Å²) in [5.74, 6) is -1.94. The Kier molecular flexibility index (Phi) is 5.86. The zero-order valence-electron chi connectivity index (χ0n) is 14.9. The molecule has 0 saturated carbocycles. The molecule has 28 heavy (non-hydrogen) atoms. The van der Waals surface area contributed by atoms with Crippen molar-refractivity contribution in [3.63, 3.8) is 0 Å². The van der Waals surface area contributed by atoms with Gasteiger partial charge in [0, 0.05) is 11.4 Å². The topological polar surface area (TPSA) is 112 Å². The summed E-state index contributed by atoms with van der Waals surface area (Å²) in [5.41, 5.74) is 3.46. The Balaban J connectivity index is 1.61. The number of anilines is 2. The number of carboxylic acid groups (broad SMARTS) is 2. The highest BCUT2D eigenvalue weighted by atomic mass is 16.4. The van der Waals surface area contributed by atoms with Crippen molar-refractivity contribution >= 4 is 23.3 Å². The highest BCUT2D eigenvalue weighted by molar-refractivity contribution is 5.89. The van der Waals surface area contributed by atoms with Crippen molar-refractivity contribution in [3.8, 4) is 0 Å². The van der Waals surface area contributed by atoms with Crippen LogP contribution in [0.3, 0.4) is 0 Å². The Bertz CT molecular complexity index is 927. The molecular weight excluding hydrogens is 358 g/mol. The van der Waals surface area contributed by atoms with E-state index in [1.54, 1.807) is 36.4 Å². The Morgan fingerprint density at radius 2 is 1.14 bits per heavy atom. The van der Waals surface area contributed by atoms with Crippen molar-refractivity contribution in [2.75, 3.05) is 10.6 Å². The lowest BCUT2D eigenvalue weighted by Crippen LogP contribution is -2.07. The quantitative estimate of drug-likeness (QED) is 0.473. The number of pyridine rings is 1. The summed E-state index contributed by atoms with van der Waals surface area (Å²) >= 11 is 0. The fraction of sp³-hybridized carbons (Fsp3) is 0.0952. The summed E-state index contributed by atoms with van der Waals surface area (Å²) in [6.45, 7) is 0.900. The Morgan fingerprint density at radius 1 is 0.714 bits per heavy atom. The first-order valence-electron chi connectivity index (χ1n) is 8.60. The van der Waals surface area contributed by atoms with Crippen molar-refractivity contribution in [2.45, 2.75) is 13.1 Å². The van der Waals surface area contributed by atoms with Gasteiger partial charge >= 0.3 is 11.9 Å². The van der Waals surface area contributed by atoms with Crippen molar-refractivity contribution in [3.05, 3.63) is 89.2 Å². The van der Waals surface area contributed by atoms with E-state index in [0.29, 0.717) is 24.5 Å². The molecule has 0 aliphatic heterocycles. The lowest BCUT2D eigenvalue weighted by Gasteiger charge is -2.10. The van der Waals surface area contributed by atoms with Crippen LogP contribution in [0.15, 0.2) is 66.7 Å². The zero-order chi connectivity index (χ0) is 19.9. The van der Waals surface area contributed by atoms with Gasteiger partial charge in [0.1, 0.15) is 0 Å². The van der Waals surface area contributed by atoms with Crippen LogP contribution < -0.4 is 10.6 Å². The van der Waals surface area contributed by atoms with Gasteiger partial charge in [-0.15, -0.1) is 0 Å². The molecule has 7 nitrogen and oxygen atoms in total. The maximum atomic E-state index is 11.0. The van der Waals surface area contributed by atoms with Crippen LogP contribution in [0.5, 0.6) is 0 Å². The molecule has 0 unspecified atom stereocenters. The zero-order valence-corrected chi connectivity index (χ0v) is 14.9. The van der Waals surface area contributed by atoms with E-state index in [4.69, 9.17) is 10.2 Å². The summed E-state index contributed by atoms with van der Waals surface area (Å²) in [7, 11) is 0. The molecule has 0 atom stereocenters. The lowest BCUT2D eigenvalue weighted by atomic mass is 10.2. The molecule has 142 valence electrons. The molecule has 0 radical (unpaired) electrons. The second-order valence-corrected chi connectivity index (χ2v) is 6.10. The molecule has 2 aromatic carbocycles. The lowest BCUT2D eigenvalue weighted by molar-refractivity contribution is 0.0686. The molecule has 0 saturated heterocycles. The van der Waals surface area contributed by atoms with E-state index < -0.39 is 11.9 Å². The van der Waals surface area contributed by atoms with Crippen LogP contribution in [0, 0.1) is 0 Å². The van der Waals surface area contributed by atoms with Crippen molar-refractivity contribution in [1.82, 2.24) is 4.98 Å². The largest absolute Gasteiger partial charge is 0.478 e. The van der Waals surface area contributed by atoms with Gasteiger partial charge in [-0.25, -0.2) is 9.59 Å². The minimum absolute atomic E-state index is 0.222. The summed E-state index contributed by atoms with van der Waals surface area (Å²) < 4.78 is 0. The second-order valence-electron chi connectivity index (χ2n) is 6.10. The molecule has 4 N–H and O–H groups in total. The van der Waals surface area contributed by atoms with Gasteiger partial charge in [0.15, 0.2) is 0 Å². The van der Waals surface area contributed by atoms with Gasteiger partial charge < -0.3 is 20.8 Å². The first-order chi connectivity index (χ1) is 13.5. The summed E-state index contributed by atoms with van der Waals surface area (Å²) in [4.78, 5) is 26.6. The van der Waals surface area contributed by atoms with Crippen molar-refractivity contribution < 1.29 is 19.8 Å². The highest BCUT2D eigenvalue weighted by Crippen LogP contribution is 2.14. The third-order valence-corrected chi connectivity index (χ3v) is 4.03. The molecule has 3 rings (SSSR count). The molecule has 1 heterocycles. The minimum atomic E-state index is -0.971. The van der Waals surface area contributed by atoms with E-state index in [1.807, 2.05) is 18.2 Å². The van der Waals surface area contributed by atoms with E-state index in [2.05, 4.69) is 15.6 Å². The fourth-order valence-electron chi connectivity index (χ4n) is 2.64. The van der Waals surface area contributed by atoms with Crippen LogP contribution in [-0.4, -0.2) is 27.1 Å². The third-order valence-electron chi connectivity index (χ3n) is 4.03. The Hall–Kier alpha value is -3.87. The summed E-state index contributed by atoms with van der Waals surface area (Å²) in [6.07, 6.45) is 0. The molecule has 0 fully saturated rings. The van der Waals surface area contributed by atoms with E-state index in [9.17, 15) is 9.59 Å². The van der Waals surface area contributed by atoms with E-state index >= 15 is 0 Å². The standard InChI is InChI=1S/C21H19N3O4/c25-20(26)14-4-1-6-16(10-14)22-12-18-8-3-9-19(24-18)13-23-17-7-2-5-15(11-17)21(27)28/h1-11,22-23H,12-13H2,(H,25,26)(H,27,28). The van der Waals surface area contributed by atoms with Crippen LogP contribution in [0.1, 0.15) is 32.1 Å². The number of carboxylic acids is 2. The molecule has 0 amide bonds. The smallest absolute Gasteiger partial charge is 0.335 e. The van der Waals surface area contributed by atoms with E-state index in [0.717, 1.165) is 11.4 Å². The number of aromatic carboxylic acids is 2. The van der Waals surface area contributed by atoms with Gasteiger partial charge in [0.2, 0.25) is 0 Å². The molecular formula is C21H19N3O4. The van der Waals surface area contributed by atoms with Crippen LogP contribution in [-0.2, 0) is 13.1 Å². The average Bonchev–Trinajstić information content (AvgIpc) is 2.71. The Morgan fingerprint density at radius 3 is 1.57 bits per heavy atom. The normalized spacial score (nSPS) is 10.3. The van der Waals surface area contributed by atoms with Crippen LogP contribution >= 0.6 is 0 Å². The number of nitrogens with one attached hydrogen (secondary N) is 2. The predicted molar refractivity (Wildman–Crippen MR) is 106 cm³/mol. The molecule has 0 spiro atoms. The van der Waals surface area contributed by atoms with Crippen LogP contribution in [0.2, 0.25) is 0 Å². The molecule has 3 aromatic rings. The molecule has 1 aromatic heterocycles. The van der Waals surface area contributed by atoms with Gasteiger partial charge in [-0.2, -0.15) is 0 Å². The SMILES string of the molecule is O=C(O)c1cccc(NCc2cccc(CNc3cccc(C(=O)O)c3)n2)c1. The van der Waals surface area contributed by atoms with Crippen LogP contribution in [0.4, 0.5) is 11.4 Å². The number of nitrogens with zero attached hydrogens (tertiary/aromatic N) is 1. The first-order valence-corrected chi connectivity index (χ1v) is 8.60. The molecule has 0 aliphatic rings. The number of benzene rings is 2. The van der Waals surface area contributed by atoms with E-state index in [1.165, 1.54) is 12.1 Å². The summed E-state index contributed by atoms with van der Waals surface area (Å²) in [6, 6.07) is 18.8. The van der Waals surface area contributed by atoms with Crippen LogP contribution in [0.25, 0.3) is 0 Å². The summed E-state index contributed by atoms with van der Waals surface area (Å²) in [5, 5.41) is 24.4. The number of hydrogen-bond acceptors (Lipinski definition) is 5. The first kappa shape index (κ1) is 18.9. The van der Waals surface area contributed by atoms with Gasteiger partial charge in [-0.3, -0.25) is 4.98 Å².